The second-order valence-electron chi connectivity index (χ2n) is 8.44. The van der Waals surface area contributed by atoms with Crippen LogP contribution in [-0.4, -0.2) is 135 Å². The number of hydrogen-bond donors (Lipinski definition) is 1. The van der Waals surface area contributed by atoms with Gasteiger partial charge in [0, 0.05) is 71.5 Å². The summed E-state index contributed by atoms with van der Waals surface area (Å²) < 4.78 is 0. The Bertz CT molecular complexity index is 533. The highest BCUT2D eigenvalue weighted by Gasteiger charge is 2.26. The minimum Gasteiger partial charge on any atom is -0.357 e. The monoisotopic (exact) mass is 521 g/mol. The second-order valence-corrected chi connectivity index (χ2v) is 8.44. The fourth-order valence-electron chi connectivity index (χ4n) is 4.29. The van der Waals surface area contributed by atoms with Crippen molar-refractivity contribution in [1.29, 1.82) is 0 Å². The SMILES string of the molecule is CCNC(=NCC1CN(C)CCN1C)N1CCN(CC(=O)N2CCCC2)CC1.I. The van der Waals surface area contributed by atoms with Crippen LogP contribution in [0.2, 0.25) is 0 Å². The van der Waals surface area contributed by atoms with Crippen molar-refractivity contribution in [3.63, 3.8) is 0 Å². The molecule has 1 atom stereocenters. The number of carbonyl (C=O) groups excluding carboxylic acids is 1. The number of piperazine rings is 2. The van der Waals surface area contributed by atoms with Gasteiger partial charge in [-0.25, -0.2) is 0 Å². The van der Waals surface area contributed by atoms with E-state index in [0.29, 0.717) is 18.5 Å². The van der Waals surface area contributed by atoms with Gasteiger partial charge >= 0.3 is 0 Å². The van der Waals surface area contributed by atoms with Crippen molar-refractivity contribution in [3.05, 3.63) is 0 Å². The van der Waals surface area contributed by atoms with Gasteiger partial charge in [0.2, 0.25) is 5.91 Å². The van der Waals surface area contributed by atoms with Crippen molar-refractivity contribution < 1.29 is 4.79 Å². The van der Waals surface area contributed by atoms with Crippen LogP contribution in [0.3, 0.4) is 0 Å². The molecule has 3 aliphatic heterocycles. The fourth-order valence-corrected chi connectivity index (χ4v) is 4.29. The van der Waals surface area contributed by atoms with E-state index in [1.165, 1.54) is 0 Å². The third-order valence-electron chi connectivity index (χ3n) is 6.26. The third kappa shape index (κ3) is 7.22. The largest absolute Gasteiger partial charge is 0.357 e. The van der Waals surface area contributed by atoms with Gasteiger partial charge in [-0.15, -0.1) is 24.0 Å². The molecule has 0 radical (unpaired) electrons. The van der Waals surface area contributed by atoms with E-state index in [4.69, 9.17) is 4.99 Å². The van der Waals surface area contributed by atoms with E-state index in [1.807, 2.05) is 4.90 Å². The lowest BCUT2D eigenvalue weighted by atomic mass is 10.2. The summed E-state index contributed by atoms with van der Waals surface area (Å²) >= 11 is 0. The van der Waals surface area contributed by atoms with Crippen LogP contribution in [0.5, 0.6) is 0 Å². The highest BCUT2D eigenvalue weighted by atomic mass is 127. The maximum Gasteiger partial charge on any atom is 0.236 e. The first-order valence-corrected chi connectivity index (χ1v) is 11.0. The molecule has 3 saturated heterocycles. The number of amides is 1. The van der Waals surface area contributed by atoms with E-state index < -0.39 is 0 Å². The van der Waals surface area contributed by atoms with Crippen molar-refractivity contribution >= 4 is 35.8 Å². The Hall–Kier alpha value is -0.650. The van der Waals surface area contributed by atoms with Crippen molar-refractivity contribution in [2.24, 2.45) is 4.99 Å². The van der Waals surface area contributed by atoms with Gasteiger partial charge in [-0.05, 0) is 33.9 Å². The summed E-state index contributed by atoms with van der Waals surface area (Å²) in [4.78, 5) is 28.8. The normalized spacial score (nSPS) is 25.2. The average molecular weight is 521 g/mol. The lowest BCUT2D eigenvalue weighted by Gasteiger charge is -2.38. The van der Waals surface area contributed by atoms with Crippen molar-refractivity contribution in [2.75, 3.05) is 92.6 Å². The molecular formula is C20H40IN7O. The predicted octanol–water partition coefficient (Wildman–Crippen LogP) is 0.0557. The number of nitrogens with zero attached hydrogens (tertiary/aromatic N) is 6. The van der Waals surface area contributed by atoms with E-state index in [0.717, 1.165) is 90.8 Å². The summed E-state index contributed by atoms with van der Waals surface area (Å²) in [6, 6.07) is 0.478. The molecule has 0 aromatic heterocycles. The quantitative estimate of drug-likeness (QED) is 0.314. The molecule has 168 valence electrons. The van der Waals surface area contributed by atoms with Crippen LogP contribution in [-0.2, 0) is 4.79 Å². The molecule has 0 bridgehead atoms. The van der Waals surface area contributed by atoms with Crippen molar-refractivity contribution in [3.8, 4) is 0 Å². The average Bonchev–Trinajstić information content (AvgIpc) is 3.23. The standard InChI is InChI=1S/C20H39N7O.HI/c1-4-21-20(22-15-18-16-23(2)9-10-24(18)3)27-13-11-25(12-14-27)17-19(28)26-7-5-6-8-26;/h18H,4-17H2,1-3H3,(H,21,22);1H. The Morgan fingerprint density at radius 2 is 1.66 bits per heavy atom. The zero-order valence-corrected chi connectivity index (χ0v) is 20.8. The van der Waals surface area contributed by atoms with Crippen molar-refractivity contribution in [1.82, 2.24) is 29.8 Å². The van der Waals surface area contributed by atoms with Gasteiger partial charge in [0.05, 0.1) is 13.1 Å². The van der Waals surface area contributed by atoms with Gasteiger partial charge in [-0.2, -0.15) is 0 Å². The first-order chi connectivity index (χ1) is 13.6. The first-order valence-electron chi connectivity index (χ1n) is 11.0. The molecule has 3 heterocycles. The summed E-state index contributed by atoms with van der Waals surface area (Å²) in [5.41, 5.74) is 0. The van der Waals surface area contributed by atoms with Gasteiger partial charge in [0.1, 0.15) is 0 Å². The van der Waals surface area contributed by atoms with Gasteiger partial charge in [0.25, 0.3) is 0 Å². The number of halogens is 1. The van der Waals surface area contributed by atoms with Crippen LogP contribution in [0.4, 0.5) is 0 Å². The van der Waals surface area contributed by atoms with Crippen molar-refractivity contribution in [2.45, 2.75) is 25.8 Å². The number of carbonyl (C=O) groups is 1. The smallest absolute Gasteiger partial charge is 0.236 e. The zero-order chi connectivity index (χ0) is 19.9. The Morgan fingerprint density at radius 1 is 0.966 bits per heavy atom. The molecule has 0 spiro atoms. The number of guanidine groups is 1. The summed E-state index contributed by atoms with van der Waals surface area (Å²) in [5, 5.41) is 3.47. The van der Waals surface area contributed by atoms with E-state index in [-0.39, 0.29) is 24.0 Å². The molecule has 0 saturated carbocycles. The molecule has 1 amide bonds. The Morgan fingerprint density at radius 3 is 2.31 bits per heavy atom. The first kappa shape index (κ1) is 24.6. The fraction of sp³-hybridized carbons (Fsp3) is 0.900. The van der Waals surface area contributed by atoms with Crippen LogP contribution < -0.4 is 5.32 Å². The molecule has 3 rings (SSSR count). The molecule has 1 unspecified atom stereocenters. The summed E-state index contributed by atoms with van der Waals surface area (Å²) in [7, 11) is 4.40. The third-order valence-corrected chi connectivity index (χ3v) is 6.26. The highest BCUT2D eigenvalue weighted by Crippen LogP contribution is 2.10. The van der Waals surface area contributed by atoms with E-state index in [9.17, 15) is 4.79 Å². The molecule has 29 heavy (non-hydrogen) atoms. The Labute approximate surface area is 193 Å². The van der Waals surface area contributed by atoms with E-state index >= 15 is 0 Å². The number of aliphatic imine (C=N–C) groups is 1. The summed E-state index contributed by atoms with van der Waals surface area (Å²) in [6.45, 7) is 13.3. The minimum atomic E-state index is 0. The predicted molar refractivity (Wildman–Crippen MR) is 129 cm³/mol. The molecule has 0 aliphatic carbocycles. The van der Waals surface area contributed by atoms with Crippen LogP contribution in [0.15, 0.2) is 4.99 Å². The van der Waals surface area contributed by atoms with Gasteiger partial charge in [-0.1, -0.05) is 0 Å². The lowest BCUT2D eigenvalue weighted by molar-refractivity contribution is -0.131. The molecule has 0 aromatic carbocycles. The number of rotatable bonds is 5. The van der Waals surface area contributed by atoms with Crippen LogP contribution in [0.1, 0.15) is 19.8 Å². The number of hydrogen-bond acceptors (Lipinski definition) is 5. The molecule has 9 heteroatoms. The van der Waals surface area contributed by atoms with E-state index in [1.54, 1.807) is 0 Å². The van der Waals surface area contributed by atoms with Gasteiger partial charge < -0.3 is 20.0 Å². The van der Waals surface area contributed by atoms with Crippen LogP contribution >= 0.6 is 24.0 Å². The molecule has 3 aliphatic rings. The number of nitrogens with one attached hydrogen (secondary N) is 1. The number of likely N-dealkylation sites (N-methyl/N-ethyl adjacent to an activating group) is 2. The highest BCUT2D eigenvalue weighted by molar-refractivity contribution is 14.0. The maximum absolute atomic E-state index is 12.4. The molecule has 0 aromatic rings. The molecular weight excluding hydrogens is 481 g/mol. The molecule has 3 fully saturated rings. The summed E-state index contributed by atoms with van der Waals surface area (Å²) in [6.07, 6.45) is 2.32. The Kier molecular flexibility index (Phi) is 10.4. The van der Waals surface area contributed by atoms with Crippen LogP contribution in [0, 0.1) is 0 Å². The van der Waals surface area contributed by atoms with E-state index in [2.05, 4.69) is 45.9 Å². The molecule has 8 nitrogen and oxygen atoms in total. The van der Waals surface area contributed by atoms with Gasteiger partial charge in [0.15, 0.2) is 5.96 Å². The zero-order valence-electron chi connectivity index (χ0n) is 18.5. The minimum absolute atomic E-state index is 0. The molecule has 1 N–H and O–H groups in total. The number of likely N-dealkylation sites (tertiary alicyclic amines) is 1. The second kappa shape index (κ2) is 12.3. The summed E-state index contributed by atoms with van der Waals surface area (Å²) in [5.74, 6) is 1.32. The Balaban J connectivity index is 0.00000300. The van der Waals surface area contributed by atoms with Gasteiger partial charge in [-0.3, -0.25) is 19.6 Å². The van der Waals surface area contributed by atoms with Crippen LogP contribution in [0.25, 0.3) is 0 Å². The maximum atomic E-state index is 12.4. The topological polar surface area (TPSA) is 57.7 Å². The lowest BCUT2D eigenvalue weighted by Crippen LogP contribution is -2.55.